The lowest BCUT2D eigenvalue weighted by molar-refractivity contribution is -0.130. The number of Topliss-reactive ketones (excluding diaryl/α,β-unsaturated/α-hetero) is 1. The Morgan fingerprint density at radius 3 is 2.56 bits per heavy atom. The van der Waals surface area contributed by atoms with Crippen LogP contribution in [0.5, 0.6) is 0 Å². The van der Waals surface area contributed by atoms with Crippen LogP contribution >= 0.6 is 0 Å². The Kier molecular flexibility index (Phi) is 4.83. The molecule has 0 aromatic carbocycles. The van der Waals surface area contributed by atoms with Gasteiger partial charge in [0.05, 0.1) is 0 Å². The Morgan fingerprint density at radius 2 is 1.85 bits per heavy atom. The third-order valence-corrected chi connectivity index (χ3v) is 13.9. The summed E-state index contributed by atoms with van der Waals surface area (Å²) >= 11 is 0. The van der Waals surface area contributed by atoms with E-state index in [9.17, 15) is 4.79 Å². The van der Waals surface area contributed by atoms with E-state index in [0.717, 1.165) is 37.0 Å². The van der Waals surface area contributed by atoms with Gasteiger partial charge in [-0.25, -0.2) is 0 Å². The predicted molar refractivity (Wildman–Crippen MR) is 114 cm³/mol. The van der Waals surface area contributed by atoms with Crippen LogP contribution in [0.25, 0.3) is 0 Å². The molecular formula is C24H40O2Si. The van der Waals surface area contributed by atoms with Crippen molar-refractivity contribution in [2.24, 2.45) is 29.1 Å². The molecule has 0 aromatic rings. The van der Waals surface area contributed by atoms with Gasteiger partial charge in [0.15, 0.2) is 8.32 Å². The van der Waals surface area contributed by atoms with E-state index in [1.165, 1.54) is 32.1 Å². The Morgan fingerprint density at radius 1 is 1.11 bits per heavy atom. The maximum absolute atomic E-state index is 12.5. The summed E-state index contributed by atoms with van der Waals surface area (Å²) in [4.78, 5) is 12.5. The largest absolute Gasteiger partial charge is 0.414 e. The van der Waals surface area contributed by atoms with Crippen molar-refractivity contribution in [3.8, 4) is 0 Å². The number of hydrogen-bond acceptors (Lipinski definition) is 2. The van der Waals surface area contributed by atoms with E-state index in [-0.39, 0.29) is 5.41 Å². The summed E-state index contributed by atoms with van der Waals surface area (Å²) in [6.45, 7) is 14.1. The van der Waals surface area contributed by atoms with Crippen LogP contribution in [0.3, 0.4) is 0 Å². The van der Waals surface area contributed by atoms with Gasteiger partial charge < -0.3 is 4.43 Å². The Hall–Kier alpha value is -0.413. The Balaban J connectivity index is 1.48. The highest BCUT2D eigenvalue weighted by molar-refractivity contribution is 6.74. The lowest BCUT2D eigenvalue weighted by atomic mass is 9.53. The molecule has 152 valence electrons. The molecule has 0 saturated heterocycles. The Labute approximate surface area is 167 Å². The van der Waals surface area contributed by atoms with E-state index in [1.807, 2.05) is 0 Å². The molecule has 4 aliphatic carbocycles. The minimum Gasteiger partial charge on any atom is -0.414 e. The second-order valence-electron chi connectivity index (χ2n) is 11.8. The van der Waals surface area contributed by atoms with E-state index >= 15 is 0 Å². The van der Waals surface area contributed by atoms with Crippen LogP contribution < -0.4 is 0 Å². The summed E-state index contributed by atoms with van der Waals surface area (Å²) in [6.07, 6.45) is 12.4. The fraction of sp³-hybridized carbons (Fsp3) is 0.875. The molecule has 0 aromatic heterocycles. The zero-order chi connectivity index (χ0) is 19.6. The third kappa shape index (κ3) is 3.21. The highest BCUT2D eigenvalue weighted by Crippen LogP contribution is 2.60. The lowest BCUT2D eigenvalue weighted by Gasteiger charge is -2.52. The molecule has 2 nitrogen and oxygen atoms in total. The van der Waals surface area contributed by atoms with Crippen LogP contribution in [0.4, 0.5) is 0 Å². The zero-order valence-electron chi connectivity index (χ0n) is 18.4. The highest BCUT2D eigenvalue weighted by Gasteiger charge is 2.56. The molecule has 0 heterocycles. The number of allylic oxidation sites excluding steroid dienone is 1. The molecule has 6 atom stereocenters. The van der Waals surface area contributed by atoms with Gasteiger partial charge in [0.1, 0.15) is 5.78 Å². The van der Waals surface area contributed by atoms with Crippen molar-refractivity contribution in [2.75, 3.05) is 0 Å². The van der Waals surface area contributed by atoms with Crippen molar-refractivity contribution >= 4 is 14.1 Å². The van der Waals surface area contributed by atoms with Crippen LogP contribution in [-0.2, 0) is 9.22 Å². The number of fused-ring (bicyclic) bond motifs is 5. The van der Waals surface area contributed by atoms with Gasteiger partial charge in [-0.1, -0.05) is 39.3 Å². The van der Waals surface area contributed by atoms with Crippen molar-refractivity contribution < 1.29 is 9.22 Å². The summed E-state index contributed by atoms with van der Waals surface area (Å²) in [7, 11) is -1.68. The average molecular weight is 389 g/mol. The van der Waals surface area contributed by atoms with E-state index in [1.54, 1.807) is 5.57 Å². The monoisotopic (exact) mass is 388 g/mol. The van der Waals surface area contributed by atoms with Gasteiger partial charge >= 0.3 is 0 Å². The van der Waals surface area contributed by atoms with Gasteiger partial charge in [0.2, 0.25) is 0 Å². The minimum absolute atomic E-state index is 0.00908. The van der Waals surface area contributed by atoms with Crippen molar-refractivity contribution in [1.29, 1.82) is 0 Å². The quantitative estimate of drug-likeness (QED) is 0.397. The van der Waals surface area contributed by atoms with Crippen LogP contribution in [0.15, 0.2) is 11.6 Å². The molecule has 3 fully saturated rings. The molecule has 3 saturated carbocycles. The van der Waals surface area contributed by atoms with E-state index in [4.69, 9.17) is 4.43 Å². The predicted octanol–water partition coefficient (Wildman–Crippen LogP) is 6.52. The van der Waals surface area contributed by atoms with Crippen LogP contribution in [0.1, 0.15) is 79.1 Å². The normalized spacial score (nSPS) is 42.2. The summed E-state index contributed by atoms with van der Waals surface area (Å²) < 4.78 is 6.78. The average Bonchev–Trinajstić information content (AvgIpc) is 2.88. The number of carbonyl (C=O) groups is 1. The molecule has 4 aliphatic rings. The maximum Gasteiger partial charge on any atom is 0.192 e. The fourth-order valence-corrected chi connectivity index (χ4v) is 8.09. The fourth-order valence-electron chi connectivity index (χ4n) is 6.70. The summed E-state index contributed by atoms with van der Waals surface area (Å²) in [5.74, 6) is 3.60. The first-order valence-corrected chi connectivity index (χ1v) is 14.3. The van der Waals surface area contributed by atoms with Crippen LogP contribution in [0.2, 0.25) is 18.1 Å². The first-order valence-electron chi connectivity index (χ1n) is 11.4. The smallest absolute Gasteiger partial charge is 0.192 e. The van der Waals surface area contributed by atoms with Crippen molar-refractivity contribution in [3.63, 3.8) is 0 Å². The standard InChI is InChI=1S/C24H40O2Si/c1-23(2,3)27(5,6)26-17-8-10-18-16(15-17)7-9-20-19(18)13-14-24(4)21(20)11-12-22(24)25/h7,17-21H,8-15H2,1-6H3/t17-,18-,19+,20+,21-,24-/m0/s1. The van der Waals surface area contributed by atoms with Gasteiger partial charge in [-0.2, -0.15) is 0 Å². The number of carbonyl (C=O) groups excluding carboxylic acids is 1. The second kappa shape index (κ2) is 6.55. The van der Waals surface area contributed by atoms with Gasteiger partial charge in [-0.3, -0.25) is 4.79 Å². The third-order valence-electron chi connectivity index (χ3n) is 9.38. The number of hydrogen-bond donors (Lipinski definition) is 0. The molecular weight excluding hydrogens is 348 g/mol. The Bertz CT molecular complexity index is 643. The van der Waals surface area contributed by atoms with Gasteiger partial charge in [0, 0.05) is 17.9 Å². The van der Waals surface area contributed by atoms with Crippen LogP contribution in [0, 0.1) is 29.1 Å². The SMILES string of the molecule is CC(C)(C)[Si](C)(C)O[C@H]1CC[C@H]2C(=CC[C@@H]3[C@@H]2CC[C@]2(C)C(=O)CC[C@@H]32)C1. The first kappa shape index (κ1) is 19.9. The van der Waals surface area contributed by atoms with Gasteiger partial charge in [-0.05, 0) is 86.7 Å². The molecule has 3 heteroatoms. The first-order chi connectivity index (χ1) is 12.5. The number of rotatable bonds is 2. The summed E-state index contributed by atoms with van der Waals surface area (Å²) in [5, 5.41) is 0.290. The van der Waals surface area contributed by atoms with E-state index in [0.29, 0.717) is 22.8 Å². The minimum atomic E-state index is -1.68. The molecule has 0 radical (unpaired) electrons. The highest BCUT2D eigenvalue weighted by atomic mass is 28.4. The molecule has 4 rings (SSSR count). The zero-order valence-corrected chi connectivity index (χ0v) is 19.4. The van der Waals surface area contributed by atoms with Crippen molar-refractivity contribution in [1.82, 2.24) is 0 Å². The van der Waals surface area contributed by atoms with Crippen molar-refractivity contribution in [2.45, 2.75) is 103 Å². The molecule has 0 aliphatic heterocycles. The topological polar surface area (TPSA) is 26.3 Å². The molecule has 0 amide bonds. The molecule has 27 heavy (non-hydrogen) atoms. The van der Waals surface area contributed by atoms with Gasteiger partial charge in [-0.15, -0.1) is 0 Å². The second-order valence-corrected chi connectivity index (χ2v) is 16.5. The van der Waals surface area contributed by atoms with E-state index < -0.39 is 8.32 Å². The number of ketones is 1. The molecule has 0 spiro atoms. The summed E-state index contributed by atoms with van der Waals surface area (Å²) in [5.41, 5.74) is 1.72. The van der Waals surface area contributed by atoms with Crippen molar-refractivity contribution in [3.05, 3.63) is 11.6 Å². The molecule has 0 bridgehead atoms. The maximum atomic E-state index is 12.5. The van der Waals surface area contributed by atoms with Gasteiger partial charge in [0.25, 0.3) is 0 Å². The molecule has 0 N–H and O–H groups in total. The van der Waals surface area contributed by atoms with E-state index in [2.05, 4.69) is 46.9 Å². The van der Waals surface area contributed by atoms with Crippen LogP contribution in [-0.4, -0.2) is 20.2 Å². The summed E-state index contributed by atoms with van der Waals surface area (Å²) in [6, 6.07) is 0. The lowest BCUT2D eigenvalue weighted by Crippen LogP contribution is -2.48. The molecule has 0 unspecified atom stereocenters.